The summed E-state index contributed by atoms with van der Waals surface area (Å²) in [5, 5.41) is 0. The quantitative estimate of drug-likeness (QED) is 0.832. The first-order valence-corrected chi connectivity index (χ1v) is 8.54. The lowest BCUT2D eigenvalue weighted by Crippen LogP contribution is -2.31. The molecule has 1 saturated heterocycles. The van der Waals surface area contributed by atoms with Gasteiger partial charge in [-0.1, -0.05) is 6.07 Å². The molecule has 7 heteroatoms. The summed E-state index contributed by atoms with van der Waals surface area (Å²) in [5.41, 5.74) is 6.91. The summed E-state index contributed by atoms with van der Waals surface area (Å²) in [6, 6.07) is 10.2. The minimum Gasteiger partial charge on any atom is -0.370 e. The van der Waals surface area contributed by atoms with Gasteiger partial charge < -0.3 is 15.5 Å². The highest BCUT2D eigenvalue weighted by molar-refractivity contribution is 5.52. The van der Waals surface area contributed by atoms with Crippen molar-refractivity contribution in [2.75, 3.05) is 36.0 Å². The summed E-state index contributed by atoms with van der Waals surface area (Å²) in [5.74, 6) is -0.295. The van der Waals surface area contributed by atoms with E-state index in [1.54, 1.807) is 6.07 Å². The minimum atomic E-state index is -4.33. The standard InChI is InChI=1S/C19H21F4N3/c20-17-12-14(13-24)2-7-18(17)26-9-1-8-25(10-11-26)16-5-3-15(4-6-16)19(21,22)23/h2-7,12H,1,8-11,13,24H2. The molecule has 0 amide bonds. The van der Waals surface area contributed by atoms with Gasteiger partial charge in [0.05, 0.1) is 11.3 Å². The van der Waals surface area contributed by atoms with Crippen LogP contribution in [0.25, 0.3) is 0 Å². The van der Waals surface area contributed by atoms with Crippen LogP contribution >= 0.6 is 0 Å². The molecule has 0 aliphatic carbocycles. The van der Waals surface area contributed by atoms with Crippen LogP contribution in [-0.2, 0) is 12.7 Å². The van der Waals surface area contributed by atoms with Crippen molar-refractivity contribution in [3.63, 3.8) is 0 Å². The topological polar surface area (TPSA) is 32.5 Å². The van der Waals surface area contributed by atoms with E-state index >= 15 is 0 Å². The van der Waals surface area contributed by atoms with E-state index in [2.05, 4.69) is 0 Å². The zero-order chi connectivity index (χ0) is 18.7. The van der Waals surface area contributed by atoms with Gasteiger partial charge >= 0.3 is 6.18 Å². The van der Waals surface area contributed by atoms with Crippen LogP contribution in [0, 0.1) is 5.82 Å². The van der Waals surface area contributed by atoms with Gasteiger partial charge in [0.1, 0.15) is 5.82 Å². The maximum Gasteiger partial charge on any atom is 0.416 e. The van der Waals surface area contributed by atoms with Crippen molar-refractivity contribution in [1.29, 1.82) is 0 Å². The van der Waals surface area contributed by atoms with Crippen molar-refractivity contribution >= 4 is 11.4 Å². The van der Waals surface area contributed by atoms with Gasteiger partial charge in [0.25, 0.3) is 0 Å². The van der Waals surface area contributed by atoms with Gasteiger partial charge in [0.15, 0.2) is 0 Å². The van der Waals surface area contributed by atoms with Crippen LogP contribution in [0.4, 0.5) is 28.9 Å². The van der Waals surface area contributed by atoms with Gasteiger partial charge in [0.2, 0.25) is 0 Å². The number of nitrogens with zero attached hydrogens (tertiary/aromatic N) is 2. The fourth-order valence-electron chi connectivity index (χ4n) is 3.21. The molecule has 2 N–H and O–H groups in total. The van der Waals surface area contributed by atoms with Crippen LogP contribution in [0.5, 0.6) is 0 Å². The second-order valence-electron chi connectivity index (χ2n) is 6.36. The Bertz CT molecular complexity index is 743. The zero-order valence-electron chi connectivity index (χ0n) is 14.3. The molecule has 0 aromatic heterocycles. The number of hydrogen-bond donors (Lipinski definition) is 1. The lowest BCUT2D eigenvalue weighted by Gasteiger charge is -2.25. The summed E-state index contributed by atoms with van der Waals surface area (Å²) < 4.78 is 52.4. The van der Waals surface area contributed by atoms with Crippen LogP contribution < -0.4 is 15.5 Å². The highest BCUT2D eigenvalue weighted by Gasteiger charge is 2.30. The first-order valence-electron chi connectivity index (χ1n) is 8.54. The zero-order valence-corrected chi connectivity index (χ0v) is 14.3. The van der Waals surface area contributed by atoms with Crippen LogP contribution in [0.2, 0.25) is 0 Å². The van der Waals surface area contributed by atoms with Gasteiger partial charge in [-0.15, -0.1) is 0 Å². The molecule has 0 bridgehead atoms. The van der Waals surface area contributed by atoms with Crippen LogP contribution in [0.15, 0.2) is 42.5 Å². The second-order valence-corrected chi connectivity index (χ2v) is 6.36. The molecular formula is C19H21F4N3. The average Bonchev–Trinajstić information content (AvgIpc) is 2.87. The molecule has 0 spiro atoms. The number of halogens is 4. The molecule has 140 valence electrons. The molecule has 0 atom stereocenters. The van der Waals surface area contributed by atoms with Crippen molar-refractivity contribution in [1.82, 2.24) is 0 Å². The van der Waals surface area contributed by atoms with Crippen molar-refractivity contribution in [3.05, 3.63) is 59.4 Å². The fourth-order valence-corrected chi connectivity index (χ4v) is 3.21. The molecule has 3 nitrogen and oxygen atoms in total. The van der Waals surface area contributed by atoms with E-state index < -0.39 is 11.7 Å². The Morgan fingerprint density at radius 3 is 2.15 bits per heavy atom. The van der Waals surface area contributed by atoms with Crippen molar-refractivity contribution in [2.45, 2.75) is 19.1 Å². The third kappa shape index (κ3) is 4.09. The number of hydrogen-bond acceptors (Lipinski definition) is 3. The van der Waals surface area contributed by atoms with Gasteiger partial charge in [0, 0.05) is 38.4 Å². The summed E-state index contributed by atoms with van der Waals surface area (Å²) in [4.78, 5) is 4.01. The first-order chi connectivity index (χ1) is 12.4. The SMILES string of the molecule is NCc1ccc(N2CCCN(c3ccc(C(F)(F)F)cc3)CC2)c(F)c1. The van der Waals surface area contributed by atoms with Gasteiger partial charge in [-0.2, -0.15) is 13.2 Å². The third-order valence-corrected chi connectivity index (χ3v) is 4.64. The molecule has 0 saturated carbocycles. The Balaban J connectivity index is 1.70. The van der Waals surface area contributed by atoms with Crippen LogP contribution in [0.3, 0.4) is 0 Å². The number of nitrogens with two attached hydrogens (primary N) is 1. The highest BCUT2D eigenvalue weighted by Crippen LogP contribution is 2.31. The Morgan fingerprint density at radius 1 is 0.885 bits per heavy atom. The summed E-state index contributed by atoms with van der Waals surface area (Å²) >= 11 is 0. The molecular weight excluding hydrogens is 346 g/mol. The maximum absolute atomic E-state index is 14.3. The van der Waals surface area contributed by atoms with E-state index in [0.29, 0.717) is 38.4 Å². The number of rotatable bonds is 3. The van der Waals surface area contributed by atoms with Crippen molar-refractivity contribution < 1.29 is 17.6 Å². The Labute approximate surface area is 150 Å². The normalized spacial score (nSPS) is 15.9. The lowest BCUT2D eigenvalue weighted by molar-refractivity contribution is -0.137. The summed E-state index contributed by atoms with van der Waals surface area (Å²) in [6.07, 6.45) is -3.54. The first kappa shape index (κ1) is 18.5. The molecule has 26 heavy (non-hydrogen) atoms. The summed E-state index contributed by atoms with van der Waals surface area (Å²) in [7, 11) is 0. The van der Waals surface area contributed by atoms with Crippen LogP contribution in [0.1, 0.15) is 17.5 Å². The molecule has 1 aliphatic rings. The number of anilines is 2. The third-order valence-electron chi connectivity index (χ3n) is 4.64. The maximum atomic E-state index is 14.3. The van der Waals surface area contributed by atoms with Crippen molar-refractivity contribution in [3.8, 4) is 0 Å². The van der Waals surface area contributed by atoms with E-state index in [0.717, 1.165) is 29.8 Å². The van der Waals surface area contributed by atoms with Gasteiger partial charge in [-0.05, 0) is 48.4 Å². The predicted molar refractivity (Wildman–Crippen MR) is 94.8 cm³/mol. The van der Waals surface area contributed by atoms with E-state index in [1.165, 1.54) is 18.2 Å². The largest absolute Gasteiger partial charge is 0.416 e. The van der Waals surface area contributed by atoms with Crippen LogP contribution in [-0.4, -0.2) is 26.2 Å². The molecule has 2 aromatic carbocycles. The lowest BCUT2D eigenvalue weighted by atomic mass is 10.2. The molecule has 2 aromatic rings. The Kier molecular flexibility index (Phi) is 5.36. The molecule has 1 heterocycles. The van der Waals surface area contributed by atoms with E-state index in [1.807, 2.05) is 15.9 Å². The van der Waals surface area contributed by atoms with Crippen molar-refractivity contribution in [2.24, 2.45) is 5.73 Å². The van der Waals surface area contributed by atoms with E-state index in [-0.39, 0.29) is 5.82 Å². The number of benzene rings is 2. The molecule has 1 aliphatic heterocycles. The van der Waals surface area contributed by atoms with Gasteiger partial charge in [-0.25, -0.2) is 4.39 Å². The fraction of sp³-hybridized carbons (Fsp3) is 0.368. The minimum absolute atomic E-state index is 0.291. The molecule has 0 unspecified atom stereocenters. The average molecular weight is 367 g/mol. The predicted octanol–water partition coefficient (Wildman–Crippen LogP) is 4.02. The highest BCUT2D eigenvalue weighted by atomic mass is 19.4. The molecule has 3 rings (SSSR count). The monoisotopic (exact) mass is 367 g/mol. The molecule has 1 fully saturated rings. The second kappa shape index (κ2) is 7.53. The summed E-state index contributed by atoms with van der Waals surface area (Å²) in [6.45, 7) is 2.91. The Hall–Kier alpha value is -2.28. The smallest absolute Gasteiger partial charge is 0.370 e. The van der Waals surface area contributed by atoms with E-state index in [4.69, 9.17) is 5.73 Å². The molecule has 0 radical (unpaired) electrons. The Morgan fingerprint density at radius 2 is 1.54 bits per heavy atom. The number of alkyl halides is 3. The van der Waals surface area contributed by atoms with E-state index in [9.17, 15) is 17.6 Å². The van der Waals surface area contributed by atoms with Gasteiger partial charge in [-0.3, -0.25) is 0 Å².